The summed E-state index contributed by atoms with van der Waals surface area (Å²) in [4.78, 5) is 4.26. The lowest BCUT2D eigenvalue weighted by Crippen LogP contribution is -2.36. The average Bonchev–Trinajstić information content (AvgIpc) is 2.58. The molecule has 8 nitrogen and oxygen atoms in total. The Morgan fingerprint density at radius 3 is 1.12 bits per heavy atom. The molecule has 144 valence electrons. The molecule has 2 N–H and O–H groups in total. The van der Waals surface area contributed by atoms with Crippen LogP contribution in [0.3, 0.4) is 0 Å². The molecule has 1 heterocycles. The van der Waals surface area contributed by atoms with Gasteiger partial charge in [0.25, 0.3) is 0 Å². The maximum atomic E-state index is 9.12. The van der Waals surface area contributed by atoms with Gasteiger partial charge in [-0.25, -0.2) is 0 Å². The molecule has 1 fully saturated rings. The molecule has 1 saturated heterocycles. The minimum absolute atomic E-state index is 0.132. The van der Waals surface area contributed by atoms with Crippen LogP contribution in [0.2, 0.25) is 0 Å². The summed E-state index contributed by atoms with van der Waals surface area (Å²) in [5, 5.41) is 18.2. The predicted octanol–water partition coefficient (Wildman–Crippen LogP) is -1.34. The number of aliphatic hydroxyl groups excluding tert-OH is 2. The van der Waals surface area contributed by atoms with E-state index in [0.29, 0.717) is 65.9 Å². The highest BCUT2D eigenvalue weighted by atomic mass is 16.5. The molecule has 0 saturated carbocycles. The van der Waals surface area contributed by atoms with Crippen LogP contribution < -0.4 is 0 Å². The Morgan fingerprint density at radius 2 is 0.792 bits per heavy atom. The maximum absolute atomic E-state index is 9.12. The molecule has 0 unspecified atom stereocenters. The first-order valence-electron chi connectivity index (χ1n) is 8.84. The summed E-state index contributed by atoms with van der Waals surface area (Å²) in [5.41, 5.74) is 0. The Kier molecular flexibility index (Phi) is 14.6. The van der Waals surface area contributed by atoms with E-state index in [4.69, 9.17) is 29.2 Å². The van der Waals surface area contributed by atoms with E-state index in [1.165, 1.54) is 0 Å². The summed E-state index contributed by atoms with van der Waals surface area (Å²) in [6.45, 7) is 9.29. The molecule has 0 aromatic heterocycles. The van der Waals surface area contributed by atoms with Gasteiger partial charge in [-0.2, -0.15) is 0 Å². The third-order valence-electron chi connectivity index (χ3n) is 3.78. The molecular formula is C16H34N2O6. The van der Waals surface area contributed by atoms with Crippen molar-refractivity contribution >= 4 is 0 Å². The normalized spacial score (nSPS) is 22.8. The van der Waals surface area contributed by atoms with Crippen molar-refractivity contribution in [1.82, 2.24) is 9.80 Å². The smallest absolute Gasteiger partial charge is 0.0701 e. The minimum Gasteiger partial charge on any atom is -0.395 e. The van der Waals surface area contributed by atoms with E-state index in [-0.39, 0.29) is 13.2 Å². The minimum atomic E-state index is 0.132. The van der Waals surface area contributed by atoms with Crippen molar-refractivity contribution < 1.29 is 29.2 Å². The topological polar surface area (TPSA) is 83.9 Å². The van der Waals surface area contributed by atoms with Crippen LogP contribution in [0.5, 0.6) is 0 Å². The number of aliphatic hydroxyl groups is 2. The van der Waals surface area contributed by atoms with Crippen LogP contribution in [0.15, 0.2) is 0 Å². The van der Waals surface area contributed by atoms with Crippen LogP contribution in [0.1, 0.15) is 0 Å². The molecule has 0 aromatic rings. The molecule has 0 radical (unpaired) electrons. The van der Waals surface area contributed by atoms with Crippen molar-refractivity contribution in [2.75, 3.05) is 105 Å². The summed E-state index contributed by atoms with van der Waals surface area (Å²) in [6, 6.07) is 0. The molecule has 0 aromatic carbocycles. The van der Waals surface area contributed by atoms with Crippen molar-refractivity contribution in [3.05, 3.63) is 0 Å². The second-order valence-electron chi connectivity index (χ2n) is 5.58. The van der Waals surface area contributed by atoms with Crippen LogP contribution in [0, 0.1) is 0 Å². The SMILES string of the molecule is OCCN1CCOCCOCCOCCN(CCO)CCOCC1. The molecule has 0 aliphatic carbocycles. The first kappa shape index (κ1) is 21.7. The Hall–Kier alpha value is -0.320. The van der Waals surface area contributed by atoms with Gasteiger partial charge in [0.05, 0.1) is 66.1 Å². The monoisotopic (exact) mass is 350 g/mol. The van der Waals surface area contributed by atoms with E-state index in [1.54, 1.807) is 0 Å². The van der Waals surface area contributed by atoms with Gasteiger partial charge in [-0.15, -0.1) is 0 Å². The molecular weight excluding hydrogens is 316 g/mol. The Balaban J connectivity index is 2.33. The number of nitrogens with zero attached hydrogens (tertiary/aromatic N) is 2. The van der Waals surface area contributed by atoms with Gasteiger partial charge in [-0.05, 0) is 0 Å². The number of hydrogen-bond donors (Lipinski definition) is 2. The summed E-state index contributed by atoms with van der Waals surface area (Å²) >= 11 is 0. The first-order chi connectivity index (χ1) is 11.9. The quantitative estimate of drug-likeness (QED) is 0.644. The van der Waals surface area contributed by atoms with E-state index in [2.05, 4.69) is 9.80 Å². The van der Waals surface area contributed by atoms with Crippen LogP contribution in [-0.4, -0.2) is 125 Å². The highest BCUT2D eigenvalue weighted by Crippen LogP contribution is 1.93. The zero-order chi connectivity index (χ0) is 17.3. The van der Waals surface area contributed by atoms with Crippen LogP contribution >= 0.6 is 0 Å². The summed E-state index contributed by atoms with van der Waals surface area (Å²) in [6.07, 6.45) is 0. The van der Waals surface area contributed by atoms with Gasteiger partial charge in [0.1, 0.15) is 0 Å². The Bertz CT molecular complexity index is 249. The van der Waals surface area contributed by atoms with Crippen molar-refractivity contribution in [2.45, 2.75) is 0 Å². The fourth-order valence-electron chi connectivity index (χ4n) is 2.37. The summed E-state index contributed by atoms with van der Waals surface area (Å²) < 4.78 is 22.2. The lowest BCUT2D eigenvalue weighted by molar-refractivity contribution is -0.000881. The van der Waals surface area contributed by atoms with Crippen molar-refractivity contribution in [2.24, 2.45) is 0 Å². The van der Waals surface area contributed by atoms with Gasteiger partial charge in [0.15, 0.2) is 0 Å². The molecule has 0 spiro atoms. The van der Waals surface area contributed by atoms with Gasteiger partial charge >= 0.3 is 0 Å². The maximum Gasteiger partial charge on any atom is 0.0701 e. The van der Waals surface area contributed by atoms with Crippen molar-refractivity contribution in [3.63, 3.8) is 0 Å². The molecule has 1 rings (SSSR count). The van der Waals surface area contributed by atoms with Crippen molar-refractivity contribution in [1.29, 1.82) is 0 Å². The molecule has 0 atom stereocenters. The summed E-state index contributed by atoms with van der Waals surface area (Å²) in [5.74, 6) is 0. The van der Waals surface area contributed by atoms with Gasteiger partial charge in [-0.3, -0.25) is 9.80 Å². The summed E-state index contributed by atoms with van der Waals surface area (Å²) in [7, 11) is 0. The number of rotatable bonds is 4. The van der Waals surface area contributed by atoms with Crippen LogP contribution in [-0.2, 0) is 18.9 Å². The lowest BCUT2D eigenvalue weighted by Gasteiger charge is -2.23. The van der Waals surface area contributed by atoms with Gasteiger partial charge < -0.3 is 29.2 Å². The van der Waals surface area contributed by atoms with Gasteiger partial charge in [0.2, 0.25) is 0 Å². The Morgan fingerprint density at radius 1 is 0.500 bits per heavy atom. The third-order valence-corrected chi connectivity index (χ3v) is 3.78. The van der Waals surface area contributed by atoms with E-state index in [1.807, 2.05) is 0 Å². The number of hydrogen-bond acceptors (Lipinski definition) is 8. The fraction of sp³-hybridized carbons (Fsp3) is 1.00. The van der Waals surface area contributed by atoms with Gasteiger partial charge in [0, 0.05) is 39.3 Å². The third kappa shape index (κ3) is 12.1. The van der Waals surface area contributed by atoms with Crippen LogP contribution in [0.4, 0.5) is 0 Å². The number of ether oxygens (including phenoxy) is 4. The second kappa shape index (κ2) is 16.2. The molecule has 24 heavy (non-hydrogen) atoms. The van der Waals surface area contributed by atoms with Crippen LogP contribution in [0.25, 0.3) is 0 Å². The van der Waals surface area contributed by atoms with E-state index in [9.17, 15) is 0 Å². The fourth-order valence-corrected chi connectivity index (χ4v) is 2.37. The zero-order valence-electron chi connectivity index (χ0n) is 14.7. The zero-order valence-corrected chi connectivity index (χ0v) is 14.7. The van der Waals surface area contributed by atoms with E-state index in [0.717, 1.165) is 26.2 Å². The molecule has 1 aliphatic heterocycles. The first-order valence-corrected chi connectivity index (χ1v) is 8.84. The molecule has 8 heteroatoms. The molecule has 1 aliphatic rings. The van der Waals surface area contributed by atoms with E-state index < -0.39 is 0 Å². The standard InChI is InChI=1S/C16H34N2O6/c19-7-1-17-3-9-21-10-4-18(2-8-20)6-12-23-14-16-24-15-13-22-11-5-17/h19-20H,1-16H2. The predicted molar refractivity (Wildman–Crippen MR) is 90.3 cm³/mol. The Labute approximate surface area is 145 Å². The number of β-amino-alcohol motifs (C(OH)–C–C–N with tert-alkyl or cyclic N) is 2. The average molecular weight is 350 g/mol. The second-order valence-corrected chi connectivity index (χ2v) is 5.58. The highest BCUT2D eigenvalue weighted by Gasteiger charge is 2.07. The van der Waals surface area contributed by atoms with E-state index >= 15 is 0 Å². The van der Waals surface area contributed by atoms with Crippen molar-refractivity contribution in [3.8, 4) is 0 Å². The lowest BCUT2D eigenvalue weighted by atomic mass is 10.4. The highest BCUT2D eigenvalue weighted by molar-refractivity contribution is 4.59. The largest absolute Gasteiger partial charge is 0.395 e. The molecule has 0 amide bonds. The van der Waals surface area contributed by atoms with Gasteiger partial charge in [-0.1, -0.05) is 0 Å². The molecule has 0 bridgehead atoms.